The van der Waals surface area contributed by atoms with Gasteiger partial charge in [0.2, 0.25) is 5.91 Å². The number of halogens is 1. The van der Waals surface area contributed by atoms with E-state index in [0.29, 0.717) is 11.4 Å². The fourth-order valence-corrected chi connectivity index (χ4v) is 3.99. The van der Waals surface area contributed by atoms with Crippen molar-refractivity contribution in [1.29, 1.82) is 0 Å². The second-order valence-corrected chi connectivity index (χ2v) is 7.88. The topological polar surface area (TPSA) is 68.8 Å². The van der Waals surface area contributed by atoms with Crippen LogP contribution in [0.25, 0.3) is 0 Å². The summed E-state index contributed by atoms with van der Waals surface area (Å²) in [7, 11) is 1.43. The number of benzene rings is 2. The minimum Gasteiger partial charge on any atom is -0.494 e. The SMILES string of the molecule is COc1ccc(C(C)NCC(=O)Nc2ccc3c(c2)OC2(CCCCC2)O3)cc1F. The Bertz CT molecular complexity index is 927. The van der Waals surface area contributed by atoms with Gasteiger partial charge in [0.1, 0.15) is 0 Å². The van der Waals surface area contributed by atoms with Gasteiger partial charge in [-0.05, 0) is 49.6 Å². The van der Waals surface area contributed by atoms with Gasteiger partial charge in [0.25, 0.3) is 5.79 Å². The summed E-state index contributed by atoms with van der Waals surface area (Å²) in [6.07, 6.45) is 5.17. The predicted octanol–water partition coefficient (Wildman–Crippen LogP) is 4.56. The molecule has 2 N–H and O–H groups in total. The Morgan fingerprint density at radius 3 is 2.63 bits per heavy atom. The molecule has 1 amide bonds. The number of hydrogen-bond donors (Lipinski definition) is 2. The number of methoxy groups -OCH3 is 1. The molecule has 7 heteroatoms. The molecule has 2 aliphatic rings. The minimum absolute atomic E-state index is 0.0905. The lowest BCUT2D eigenvalue weighted by Gasteiger charge is -2.31. The van der Waals surface area contributed by atoms with Crippen molar-refractivity contribution in [3.8, 4) is 17.2 Å². The maximum atomic E-state index is 13.9. The molecule has 1 saturated carbocycles. The molecule has 4 rings (SSSR count). The largest absolute Gasteiger partial charge is 0.494 e. The van der Waals surface area contributed by atoms with Crippen LogP contribution in [0.3, 0.4) is 0 Å². The van der Waals surface area contributed by atoms with Gasteiger partial charge in [0, 0.05) is 30.6 Å². The number of hydrogen-bond acceptors (Lipinski definition) is 5. The first kappa shape index (κ1) is 20.5. The van der Waals surface area contributed by atoms with Gasteiger partial charge in [-0.2, -0.15) is 0 Å². The zero-order chi connectivity index (χ0) is 21.1. The quantitative estimate of drug-likeness (QED) is 0.726. The highest BCUT2D eigenvalue weighted by atomic mass is 19.1. The maximum Gasteiger partial charge on any atom is 0.251 e. The number of anilines is 1. The van der Waals surface area contributed by atoms with E-state index in [0.717, 1.165) is 37.0 Å². The van der Waals surface area contributed by atoms with Crippen LogP contribution in [0.4, 0.5) is 10.1 Å². The van der Waals surface area contributed by atoms with Crippen LogP contribution in [-0.2, 0) is 4.79 Å². The molecule has 2 aromatic carbocycles. The molecule has 0 bridgehead atoms. The molecule has 1 spiro atoms. The Balaban J connectivity index is 1.32. The summed E-state index contributed by atoms with van der Waals surface area (Å²) in [5.74, 6) is 0.439. The van der Waals surface area contributed by atoms with Gasteiger partial charge in [0.05, 0.1) is 13.7 Å². The second kappa shape index (κ2) is 8.52. The Morgan fingerprint density at radius 2 is 1.90 bits per heavy atom. The zero-order valence-corrected chi connectivity index (χ0v) is 17.3. The number of nitrogens with one attached hydrogen (secondary N) is 2. The van der Waals surface area contributed by atoms with E-state index in [1.165, 1.54) is 19.6 Å². The third-order valence-electron chi connectivity index (χ3n) is 5.68. The Hall–Kier alpha value is -2.80. The summed E-state index contributed by atoms with van der Waals surface area (Å²) in [4.78, 5) is 12.4. The van der Waals surface area contributed by atoms with Gasteiger partial charge in [-0.25, -0.2) is 4.39 Å². The van der Waals surface area contributed by atoms with Crippen molar-refractivity contribution in [2.24, 2.45) is 0 Å². The summed E-state index contributed by atoms with van der Waals surface area (Å²) in [5.41, 5.74) is 1.39. The van der Waals surface area contributed by atoms with Crippen LogP contribution < -0.4 is 24.8 Å². The van der Waals surface area contributed by atoms with Crippen molar-refractivity contribution in [2.45, 2.75) is 50.9 Å². The molecule has 2 aromatic rings. The normalized spacial score (nSPS) is 17.6. The van der Waals surface area contributed by atoms with Crippen molar-refractivity contribution in [3.05, 3.63) is 47.8 Å². The van der Waals surface area contributed by atoms with E-state index in [4.69, 9.17) is 14.2 Å². The zero-order valence-electron chi connectivity index (χ0n) is 17.3. The second-order valence-electron chi connectivity index (χ2n) is 7.88. The van der Waals surface area contributed by atoms with E-state index in [1.807, 2.05) is 19.1 Å². The van der Waals surface area contributed by atoms with Gasteiger partial charge < -0.3 is 24.8 Å². The third kappa shape index (κ3) is 4.36. The van der Waals surface area contributed by atoms with E-state index >= 15 is 0 Å². The summed E-state index contributed by atoms with van der Waals surface area (Å²) >= 11 is 0. The first-order chi connectivity index (χ1) is 14.5. The Morgan fingerprint density at radius 1 is 1.13 bits per heavy atom. The number of fused-ring (bicyclic) bond motifs is 1. The van der Waals surface area contributed by atoms with Crippen molar-refractivity contribution in [2.75, 3.05) is 19.0 Å². The molecule has 30 heavy (non-hydrogen) atoms. The predicted molar refractivity (Wildman–Crippen MR) is 112 cm³/mol. The molecule has 6 nitrogen and oxygen atoms in total. The van der Waals surface area contributed by atoms with Crippen LogP contribution in [0, 0.1) is 5.82 Å². The highest BCUT2D eigenvalue weighted by Crippen LogP contribution is 2.46. The van der Waals surface area contributed by atoms with E-state index in [9.17, 15) is 9.18 Å². The van der Waals surface area contributed by atoms with E-state index in [-0.39, 0.29) is 24.2 Å². The van der Waals surface area contributed by atoms with Crippen molar-refractivity contribution in [1.82, 2.24) is 5.32 Å². The van der Waals surface area contributed by atoms with E-state index < -0.39 is 11.6 Å². The molecule has 1 heterocycles. The average molecular weight is 414 g/mol. The summed E-state index contributed by atoms with van der Waals surface area (Å²) in [6, 6.07) is 10.0. The van der Waals surface area contributed by atoms with Gasteiger partial charge in [-0.1, -0.05) is 12.5 Å². The van der Waals surface area contributed by atoms with Crippen molar-refractivity contribution >= 4 is 11.6 Å². The highest BCUT2D eigenvalue weighted by molar-refractivity contribution is 5.92. The van der Waals surface area contributed by atoms with Crippen LogP contribution in [0.5, 0.6) is 17.2 Å². The van der Waals surface area contributed by atoms with Gasteiger partial charge >= 0.3 is 0 Å². The minimum atomic E-state index is -0.534. The Labute approximate surface area is 175 Å². The molecule has 1 fully saturated rings. The monoisotopic (exact) mass is 414 g/mol. The fraction of sp³-hybridized carbons (Fsp3) is 0.435. The molecule has 1 aliphatic carbocycles. The number of amides is 1. The van der Waals surface area contributed by atoms with Gasteiger partial charge in [-0.15, -0.1) is 0 Å². The average Bonchev–Trinajstić information content (AvgIpc) is 3.08. The summed E-state index contributed by atoms with van der Waals surface area (Å²) in [5, 5.41) is 5.98. The lowest BCUT2D eigenvalue weighted by Crippen LogP contribution is -2.40. The third-order valence-corrected chi connectivity index (χ3v) is 5.68. The molecule has 1 aliphatic heterocycles. The maximum absolute atomic E-state index is 13.9. The van der Waals surface area contributed by atoms with Crippen molar-refractivity contribution < 1.29 is 23.4 Å². The van der Waals surface area contributed by atoms with E-state index in [1.54, 1.807) is 18.2 Å². The van der Waals surface area contributed by atoms with Crippen LogP contribution in [-0.4, -0.2) is 25.3 Å². The molecule has 1 unspecified atom stereocenters. The number of ether oxygens (including phenoxy) is 3. The standard InChI is InChI=1S/C23H27FN2O4/c1-15(16-6-8-19(28-2)18(24)12-16)25-14-22(27)26-17-7-9-20-21(13-17)30-23(29-20)10-4-3-5-11-23/h6-9,12-13,15,25H,3-5,10-11,14H2,1-2H3,(H,26,27). The lowest BCUT2D eigenvalue weighted by atomic mass is 9.94. The van der Waals surface area contributed by atoms with Crippen LogP contribution in [0.1, 0.15) is 50.6 Å². The molecule has 160 valence electrons. The molecule has 0 aromatic heterocycles. The first-order valence-electron chi connectivity index (χ1n) is 10.4. The highest BCUT2D eigenvalue weighted by Gasteiger charge is 2.42. The number of carbonyl (C=O) groups excluding carboxylic acids is 1. The summed E-state index contributed by atoms with van der Waals surface area (Å²) < 4.78 is 31.0. The smallest absolute Gasteiger partial charge is 0.251 e. The van der Waals surface area contributed by atoms with Gasteiger partial charge in [-0.3, -0.25) is 4.79 Å². The molecule has 1 atom stereocenters. The molecular formula is C23H27FN2O4. The molecular weight excluding hydrogens is 387 g/mol. The number of rotatable bonds is 6. The van der Waals surface area contributed by atoms with Crippen LogP contribution >= 0.6 is 0 Å². The molecule has 0 saturated heterocycles. The van der Waals surface area contributed by atoms with Crippen LogP contribution in [0.15, 0.2) is 36.4 Å². The van der Waals surface area contributed by atoms with E-state index in [2.05, 4.69) is 10.6 Å². The summed E-state index contributed by atoms with van der Waals surface area (Å²) in [6.45, 7) is 1.96. The van der Waals surface area contributed by atoms with Crippen molar-refractivity contribution in [3.63, 3.8) is 0 Å². The van der Waals surface area contributed by atoms with Crippen LogP contribution in [0.2, 0.25) is 0 Å². The lowest BCUT2D eigenvalue weighted by molar-refractivity contribution is -0.115. The number of carbonyl (C=O) groups is 1. The Kier molecular flexibility index (Phi) is 5.81. The first-order valence-corrected chi connectivity index (χ1v) is 10.4. The molecule has 0 radical (unpaired) electrons. The van der Waals surface area contributed by atoms with Gasteiger partial charge in [0.15, 0.2) is 23.1 Å². The fourth-order valence-electron chi connectivity index (χ4n) is 3.99.